The molecule has 1 aromatic rings. The van der Waals surface area contributed by atoms with Crippen molar-refractivity contribution in [3.63, 3.8) is 0 Å². The molecule has 4 nitrogen and oxygen atoms in total. The second-order valence-corrected chi connectivity index (χ2v) is 6.48. The SMILES string of the molecule is CCOc1c(Br)cc(CC2CN(C)CCC2O)cc1OC. The Morgan fingerprint density at radius 3 is 2.86 bits per heavy atom. The maximum absolute atomic E-state index is 10.2. The van der Waals surface area contributed by atoms with Crippen LogP contribution in [0, 0.1) is 5.92 Å². The van der Waals surface area contributed by atoms with Crippen LogP contribution in [-0.4, -0.2) is 50.0 Å². The van der Waals surface area contributed by atoms with Gasteiger partial charge in [0.2, 0.25) is 0 Å². The highest BCUT2D eigenvalue weighted by molar-refractivity contribution is 9.10. The summed E-state index contributed by atoms with van der Waals surface area (Å²) in [4.78, 5) is 2.28. The maximum Gasteiger partial charge on any atom is 0.175 e. The van der Waals surface area contributed by atoms with Crippen LogP contribution in [0.5, 0.6) is 11.5 Å². The van der Waals surface area contributed by atoms with Crippen molar-refractivity contribution in [2.75, 3.05) is 33.9 Å². The number of hydrogen-bond acceptors (Lipinski definition) is 4. The van der Waals surface area contributed by atoms with Crippen molar-refractivity contribution in [3.05, 3.63) is 22.2 Å². The molecule has 1 aliphatic rings. The predicted molar refractivity (Wildman–Crippen MR) is 87.2 cm³/mol. The maximum atomic E-state index is 10.2. The van der Waals surface area contributed by atoms with E-state index in [0.717, 1.165) is 47.5 Å². The van der Waals surface area contributed by atoms with Gasteiger partial charge in [-0.2, -0.15) is 0 Å². The molecule has 2 unspecified atom stereocenters. The van der Waals surface area contributed by atoms with Gasteiger partial charge in [0, 0.05) is 19.0 Å². The number of likely N-dealkylation sites (tertiary alicyclic amines) is 1. The van der Waals surface area contributed by atoms with Crippen molar-refractivity contribution in [2.24, 2.45) is 5.92 Å². The van der Waals surface area contributed by atoms with E-state index < -0.39 is 0 Å². The smallest absolute Gasteiger partial charge is 0.175 e. The molecule has 1 heterocycles. The van der Waals surface area contributed by atoms with Crippen LogP contribution in [0.3, 0.4) is 0 Å². The van der Waals surface area contributed by atoms with Gasteiger partial charge in [-0.25, -0.2) is 0 Å². The zero-order valence-corrected chi connectivity index (χ0v) is 14.5. The molecule has 0 spiro atoms. The van der Waals surface area contributed by atoms with Gasteiger partial charge >= 0.3 is 0 Å². The number of ether oxygens (including phenoxy) is 2. The molecule has 1 fully saturated rings. The van der Waals surface area contributed by atoms with Gasteiger partial charge in [0.15, 0.2) is 11.5 Å². The van der Waals surface area contributed by atoms with Crippen LogP contribution >= 0.6 is 15.9 Å². The predicted octanol–water partition coefficient (Wildman–Crippen LogP) is 2.71. The third kappa shape index (κ3) is 4.11. The van der Waals surface area contributed by atoms with Gasteiger partial charge in [0.1, 0.15) is 0 Å². The summed E-state index contributed by atoms with van der Waals surface area (Å²) in [5, 5.41) is 10.2. The summed E-state index contributed by atoms with van der Waals surface area (Å²) in [6.07, 6.45) is 1.46. The van der Waals surface area contributed by atoms with Crippen molar-refractivity contribution in [3.8, 4) is 11.5 Å². The topological polar surface area (TPSA) is 41.9 Å². The Morgan fingerprint density at radius 1 is 1.43 bits per heavy atom. The van der Waals surface area contributed by atoms with Crippen LogP contribution < -0.4 is 9.47 Å². The summed E-state index contributed by atoms with van der Waals surface area (Å²) >= 11 is 3.55. The number of benzene rings is 1. The van der Waals surface area contributed by atoms with E-state index in [2.05, 4.69) is 33.9 Å². The van der Waals surface area contributed by atoms with Gasteiger partial charge in [-0.1, -0.05) is 0 Å². The summed E-state index contributed by atoms with van der Waals surface area (Å²) in [7, 11) is 3.75. The van der Waals surface area contributed by atoms with Crippen molar-refractivity contribution >= 4 is 15.9 Å². The lowest BCUT2D eigenvalue weighted by atomic mass is 9.89. The molecule has 1 aliphatic heterocycles. The molecule has 0 aromatic heterocycles. The van der Waals surface area contributed by atoms with Crippen LogP contribution in [-0.2, 0) is 6.42 Å². The molecule has 0 aliphatic carbocycles. The quantitative estimate of drug-likeness (QED) is 0.879. The molecule has 1 N–H and O–H groups in total. The monoisotopic (exact) mass is 357 g/mol. The van der Waals surface area contributed by atoms with Crippen molar-refractivity contribution < 1.29 is 14.6 Å². The highest BCUT2D eigenvalue weighted by Gasteiger charge is 2.26. The molecule has 1 aromatic carbocycles. The first-order valence-corrected chi connectivity index (χ1v) is 8.20. The molecule has 5 heteroatoms. The lowest BCUT2D eigenvalue weighted by Gasteiger charge is -2.34. The Bertz CT molecular complexity index is 481. The first-order chi connectivity index (χ1) is 10.0. The molecule has 21 heavy (non-hydrogen) atoms. The van der Waals surface area contributed by atoms with E-state index in [1.54, 1.807) is 7.11 Å². The second-order valence-electron chi connectivity index (χ2n) is 5.62. The van der Waals surface area contributed by atoms with E-state index >= 15 is 0 Å². The Kier molecular flexibility index (Phi) is 5.90. The standard InChI is InChI=1S/C16H24BrNO3/c1-4-21-16-13(17)8-11(9-15(16)20-3)7-12-10-18(2)6-5-14(12)19/h8-9,12,14,19H,4-7,10H2,1-3H3. The Balaban J connectivity index is 2.18. The lowest BCUT2D eigenvalue weighted by molar-refractivity contribution is 0.0366. The fourth-order valence-electron chi connectivity index (χ4n) is 2.88. The zero-order chi connectivity index (χ0) is 15.4. The number of halogens is 1. The minimum absolute atomic E-state index is 0.225. The molecular formula is C16H24BrNO3. The first-order valence-electron chi connectivity index (χ1n) is 7.41. The van der Waals surface area contributed by atoms with Crippen LogP contribution in [0.15, 0.2) is 16.6 Å². The van der Waals surface area contributed by atoms with Crippen molar-refractivity contribution in [2.45, 2.75) is 25.9 Å². The molecule has 0 amide bonds. The first kappa shape index (κ1) is 16.6. The van der Waals surface area contributed by atoms with Gasteiger partial charge in [0.05, 0.1) is 24.3 Å². The molecule has 0 radical (unpaired) electrons. The number of piperidine rings is 1. The highest BCUT2D eigenvalue weighted by Crippen LogP contribution is 2.37. The van der Waals surface area contributed by atoms with Gasteiger partial charge < -0.3 is 19.5 Å². The van der Waals surface area contributed by atoms with Gasteiger partial charge in [0.25, 0.3) is 0 Å². The van der Waals surface area contributed by atoms with Crippen LogP contribution in [0.25, 0.3) is 0 Å². The summed E-state index contributed by atoms with van der Waals surface area (Å²) in [5.74, 6) is 1.74. The minimum atomic E-state index is -0.225. The summed E-state index contributed by atoms with van der Waals surface area (Å²) in [6.45, 7) is 4.44. The van der Waals surface area contributed by atoms with Crippen LogP contribution in [0.4, 0.5) is 0 Å². The largest absolute Gasteiger partial charge is 0.493 e. The van der Waals surface area contributed by atoms with Crippen molar-refractivity contribution in [1.29, 1.82) is 0 Å². The zero-order valence-electron chi connectivity index (χ0n) is 12.9. The second kappa shape index (κ2) is 7.47. The molecule has 1 saturated heterocycles. The third-order valence-corrected chi connectivity index (χ3v) is 4.56. The molecule has 2 atom stereocenters. The molecule has 0 bridgehead atoms. The van der Waals surface area contributed by atoms with Gasteiger partial charge in [-0.05, 0) is 60.4 Å². The summed E-state index contributed by atoms with van der Waals surface area (Å²) in [6, 6.07) is 4.08. The van der Waals surface area contributed by atoms with Crippen LogP contribution in [0.2, 0.25) is 0 Å². The van der Waals surface area contributed by atoms with Crippen molar-refractivity contribution in [1.82, 2.24) is 4.90 Å². The molecule has 2 rings (SSSR count). The van der Waals surface area contributed by atoms with E-state index in [0.29, 0.717) is 6.61 Å². The molecule has 118 valence electrons. The van der Waals surface area contributed by atoms with E-state index in [9.17, 15) is 5.11 Å². The van der Waals surface area contributed by atoms with E-state index in [1.165, 1.54) is 0 Å². The number of nitrogens with zero attached hydrogens (tertiary/aromatic N) is 1. The average Bonchev–Trinajstić information content (AvgIpc) is 2.45. The van der Waals surface area contributed by atoms with Gasteiger partial charge in [-0.3, -0.25) is 0 Å². The average molecular weight is 358 g/mol. The number of aliphatic hydroxyl groups is 1. The van der Waals surface area contributed by atoms with Gasteiger partial charge in [-0.15, -0.1) is 0 Å². The number of methoxy groups -OCH3 is 1. The van der Waals surface area contributed by atoms with E-state index in [4.69, 9.17) is 9.47 Å². The summed E-state index contributed by atoms with van der Waals surface area (Å²) in [5.41, 5.74) is 1.15. The minimum Gasteiger partial charge on any atom is -0.493 e. The van der Waals surface area contributed by atoms with Crippen LogP contribution in [0.1, 0.15) is 18.9 Å². The normalized spacial score (nSPS) is 23.1. The number of aliphatic hydroxyl groups excluding tert-OH is 1. The fourth-order valence-corrected chi connectivity index (χ4v) is 3.48. The van der Waals surface area contributed by atoms with E-state index in [1.807, 2.05) is 13.0 Å². The Labute approximate surface area is 135 Å². The fraction of sp³-hybridized carbons (Fsp3) is 0.625. The number of rotatable bonds is 5. The number of hydrogen-bond donors (Lipinski definition) is 1. The highest BCUT2D eigenvalue weighted by atomic mass is 79.9. The molecule has 0 saturated carbocycles. The molecular weight excluding hydrogens is 334 g/mol. The third-order valence-electron chi connectivity index (χ3n) is 3.97. The Morgan fingerprint density at radius 2 is 2.19 bits per heavy atom. The Hall–Kier alpha value is -0.780. The van der Waals surface area contributed by atoms with E-state index in [-0.39, 0.29) is 12.0 Å². The summed E-state index contributed by atoms with van der Waals surface area (Å²) < 4.78 is 11.9. The lowest BCUT2D eigenvalue weighted by Crippen LogP contribution is -2.41.